The molecule has 0 unspecified atom stereocenters. The number of ether oxygens (including phenoxy) is 2. The fourth-order valence-electron chi connectivity index (χ4n) is 7.09. The van der Waals surface area contributed by atoms with E-state index in [1.807, 2.05) is 4.90 Å². The zero-order valence-electron chi connectivity index (χ0n) is 25.4. The van der Waals surface area contributed by atoms with Crippen molar-refractivity contribution in [3.05, 3.63) is 58.7 Å². The Bertz CT molecular complexity index is 1470. The van der Waals surface area contributed by atoms with Crippen LogP contribution in [0.25, 0.3) is 0 Å². The smallest absolute Gasteiger partial charge is 0.422 e. The highest BCUT2D eigenvalue weighted by Crippen LogP contribution is 2.39. The third-order valence-corrected chi connectivity index (χ3v) is 9.84. The lowest BCUT2D eigenvalue weighted by Gasteiger charge is -2.42. The van der Waals surface area contributed by atoms with Gasteiger partial charge in [-0.05, 0) is 55.9 Å². The van der Waals surface area contributed by atoms with Gasteiger partial charge in [-0.15, -0.1) is 0 Å². The predicted octanol–water partition coefficient (Wildman–Crippen LogP) is 5.73. The number of halogens is 7. The molecule has 8 nitrogen and oxygen atoms in total. The van der Waals surface area contributed by atoms with E-state index >= 15 is 0 Å². The number of hydrogen-bond acceptors (Lipinski definition) is 6. The van der Waals surface area contributed by atoms with Crippen LogP contribution in [-0.4, -0.2) is 77.7 Å². The van der Waals surface area contributed by atoms with Crippen molar-refractivity contribution in [1.29, 1.82) is 0 Å². The molecule has 1 aliphatic carbocycles. The summed E-state index contributed by atoms with van der Waals surface area (Å²) in [5.41, 5.74) is 1.78. The van der Waals surface area contributed by atoms with E-state index in [1.165, 1.54) is 4.90 Å². The van der Waals surface area contributed by atoms with E-state index in [4.69, 9.17) is 15.2 Å². The normalized spacial score (nSPS) is 23.6. The Balaban J connectivity index is 0.950. The number of carbonyl (C=O) groups is 2. The molecule has 2 N–H and O–H groups in total. The van der Waals surface area contributed by atoms with Gasteiger partial charge in [-0.2, -0.15) is 13.2 Å². The average molecular weight is 673 g/mol. The van der Waals surface area contributed by atoms with Crippen molar-refractivity contribution >= 4 is 17.7 Å². The van der Waals surface area contributed by atoms with Crippen LogP contribution < -0.4 is 10.5 Å². The van der Waals surface area contributed by atoms with E-state index < -0.39 is 58.8 Å². The first-order chi connectivity index (χ1) is 22.2. The van der Waals surface area contributed by atoms with Gasteiger partial charge in [-0.25, -0.2) is 22.4 Å². The molecular formula is C32H35F7N4O4. The second-order valence-corrected chi connectivity index (χ2v) is 13.1. The molecule has 256 valence electrons. The van der Waals surface area contributed by atoms with Crippen molar-refractivity contribution in [1.82, 2.24) is 14.7 Å². The average Bonchev–Trinajstić information content (AvgIpc) is 3.31. The van der Waals surface area contributed by atoms with E-state index in [1.54, 1.807) is 29.2 Å². The van der Waals surface area contributed by atoms with Gasteiger partial charge in [0.15, 0.2) is 23.3 Å². The third kappa shape index (κ3) is 6.81. The molecule has 1 spiro atoms. The first-order valence-corrected chi connectivity index (χ1v) is 15.7. The molecule has 3 saturated heterocycles. The maximum Gasteiger partial charge on any atom is 0.422 e. The summed E-state index contributed by atoms with van der Waals surface area (Å²) in [6.45, 7) is 1.46. The minimum absolute atomic E-state index is 0.0579. The number of amides is 2. The molecule has 0 radical (unpaired) electrons. The summed E-state index contributed by atoms with van der Waals surface area (Å²) in [6.07, 6.45) is -2.63. The molecule has 2 aromatic carbocycles. The summed E-state index contributed by atoms with van der Waals surface area (Å²) in [5, 5.41) is 0. The molecular weight excluding hydrogens is 637 g/mol. The third-order valence-electron chi connectivity index (χ3n) is 9.84. The van der Waals surface area contributed by atoms with E-state index in [9.17, 15) is 40.3 Å². The van der Waals surface area contributed by atoms with Crippen molar-refractivity contribution in [3.8, 4) is 5.75 Å². The fraction of sp³-hybridized carbons (Fsp3) is 0.562. The van der Waals surface area contributed by atoms with Crippen molar-refractivity contribution in [3.63, 3.8) is 0 Å². The number of benzene rings is 2. The Labute approximate surface area is 266 Å². The Morgan fingerprint density at radius 1 is 0.936 bits per heavy atom. The summed E-state index contributed by atoms with van der Waals surface area (Å²) >= 11 is 0. The van der Waals surface area contributed by atoms with Crippen LogP contribution in [0.4, 0.5) is 41.2 Å². The van der Waals surface area contributed by atoms with Crippen molar-refractivity contribution in [2.75, 3.05) is 45.0 Å². The van der Waals surface area contributed by atoms with Crippen LogP contribution in [0, 0.1) is 35.1 Å². The molecule has 47 heavy (non-hydrogen) atoms. The van der Waals surface area contributed by atoms with Crippen molar-refractivity contribution < 1.29 is 49.8 Å². The second-order valence-electron chi connectivity index (χ2n) is 13.1. The number of likely N-dealkylation sites (tertiary alicyclic amines) is 2. The highest BCUT2D eigenvalue weighted by Gasteiger charge is 2.48. The number of nitrogen functional groups attached to an aromatic ring is 1. The Hall–Kier alpha value is -3.75. The Morgan fingerprint density at radius 2 is 1.53 bits per heavy atom. The summed E-state index contributed by atoms with van der Waals surface area (Å²) in [5.74, 6) is -8.18. The number of piperidine rings is 1. The SMILES string of the molecule is Nc1ccc(OC2CN(C(=O)[C@H]3CC[C@H](CN4CC5(CCN(Cc6c(F)c(F)c(C(F)(F)F)c(F)c6F)CC5)OC4=O)CC3)C2)cc1. The molecule has 0 aromatic heterocycles. The minimum Gasteiger partial charge on any atom is -0.487 e. The second kappa shape index (κ2) is 12.7. The largest absolute Gasteiger partial charge is 0.487 e. The van der Waals surface area contributed by atoms with E-state index in [0.29, 0.717) is 50.5 Å². The summed E-state index contributed by atoms with van der Waals surface area (Å²) < 4.78 is 107. The zero-order valence-corrected chi connectivity index (χ0v) is 25.4. The maximum atomic E-state index is 14.4. The molecule has 4 aliphatic rings. The molecule has 2 amide bonds. The van der Waals surface area contributed by atoms with Gasteiger partial charge in [-0.3, -0.25) is 9.69 Å². The van der Waals surface area contributed by atoms with Crippen LogP contribution in [-0.2, 0) is 22.3 Å². The van der Waals surface area contributed by atoms with Crippen LogP contribution in [0.5, 0.6) is 5.75 Å². The van der Waals surface area contributed by atoms with Crippen LogP contribution in [0.3, 0.4) is 0 Å². The van der Waals surface area contributed by atoms with Gasteiger partial charge >= 0.3 is 12.3 Å². The molecule has 2 aromatic rings. The quantitative estimate of drug-likeness (QED) is 0.230. The van der Waals surface area contributed by atoms with E-state index in [2.05, 4.69) is 0 Å². The van der Waals surface area contributed by atoms with Gasteiger partial charge in [0.25, 0.3) is 0 Å². The molecule has 3 heterocycles. The fourth-order valence-corrected chi connectivity index (χ4v) is 7.09. The highest BCUT2D eigenvalue weighted by molar-refractivity contribution is 5.80. The first kappa shape index (κ1) is 33.2. The van der Waals surface area contributed by atoms with Gasteiger partial charge in [0.05, 0.1) is 19.6 Å². The highest BCUT2D eigenvalue weighted by atomic mass is 19.4. The number of anilines is 1. The Kier molecular flexibility index (Phi) is 8.96. The number of nitrogens with zero attached hydrogens (tertiary/aromatic N) is 3. The van der Waals surface area contributed by atoms with Crippen molar-refractivity contribution in [2.45, 2.75) is 63.0 Å². The maximum absolute atomic E-state index is 14.4. The topological polar surface area (TPSA) is 88.3 Å². The summed E-state index contributed by atoms with van der Waals surface area (Å²) in [4.78, 5) is 30.7. The van der Waals surface area contributed by atoms with Gasteiger partial charge in [0.1, 0.15) is 23.0 Å². The predicted molar refractivity (Wildman–Crippen MR) is 154 cm³/mol. The van der Waals surface area contributed by atoms with Gasteiger partial charge in [0, 0.05) is 56.2 Å². The number of alkyl halides is 3. The number of rotatable bonds is 7. The van der Waals surface area contributed by atoms with Gasteiger partial charge < -0.3 is 25.0 Å². The van der Waals surface area contributed by atoms with Gasteiger partial charge in [-0.1, -0.05) is 0 Å². The first-order valence-electron chi connectivity index (χ1n) is 15.7. The van der Waals surface area contributed by atoms with E-state index in [-0.39, 0.29) is 49.8 Å². The molecule has 0 atom stereocenters. The number of carbonyl (C=O) groups excluding carboxylic acids is 2. The lowest BCUT2D eigenvalue weighted by Crippen LogP contribution is -2.57. The molecule has 3 aliphatic heterocycles. The number of hydrogen-bond donors (Lipinski definition) is 1. The van der Waals surface area contributed by atoms with Crippen molar-refractivity contribution in [2.24, 2.45) is 11.8 Å². The Morgan fingerprint density at radius 3 is 2.11 bits per heavy atom. The summed E-state index contributed by atoms with van der Waals surface area (Å²) in [7, 11) is 0. The minimum atomic E-state index is -5.60. The molecule has 4 fully saturated rings. The molecule has 1 saturated carbocycles. The van der Waals surface area contributed by atoms with Crippen LogP contribution >= 0.6 is 0 Å². The van der Waals surface area contributed by atoms with Crippen LogP contribution in [0.1, 0.15) is 49.7 Å². The standard InChI is InChI=1S/C32H35F7N4O4/c33-25-23(26(34)28(36)24(27(25)35)32(37,38)39)16-41-11-9-31(10-12-41)17-43(30(45)47-31)13-18-1-3-19(4-2-18)29(44)42-14-22(15-42)46-21-7-5-20(40)6-8-21/h5-8,18-19,22H,1-4,9-17,40H2/t18-,19-. The zero-order chi connectivity index (χ0) is 33.7. The summed E-state index contributed by atoms with van der Waals surface area (Å²) in [6, 6.07) is 7.12. The number of nitrogens with two attached hydrogens (primary N) is 1. The van der Waals surface area contributed by atoms with Crippen LogP contribution in [0.2, 0.25) is 0 Å². The molecule has 0 bridgehead atoms. The molecule has 6 rings (SSSR count). The van der Waals surface area contributed by atoms with Gasteiger partial charge in [0.2, 0.25) is 5.91 Å². The van der Waals surface area contributed by atoms with Crippen LogP contribution in [0.15, 0.2) is 24.3 Å². The van der Waals surface area contributed by atoms with E-state index in [0.717, 1.165) is 12.8 Å². The monoisotopic (exact) mass is 672 g/mol. The lowest BCUT2D eigenvalue weighted by atomic mass is 9.80. The lowest BCUT2D eigenvalue weighted by molar-refractivity contribution is -0.146. The molecule has 15 heteroatoms.